The maximum absolute atomic E-state index is 6.05. The summed E-state index contributed by atoms with van der Waals surface area (Å²) in [7, 11) is 0. The second-order valence-corrected chi connectivity index (χ2v) is 6.17. The first-order valence-corrected chi connectivity index (χ1v) is 8.71. The molecule has 0 spiro atoms. The molecule has 0 aliphatic heterocycles. The van der Waals surface area contributed by atoms with E-state index in [0.29, 0.717) is 22.4 Å². The highest BCUT2D eigenvalue weighted by Gasteiger charge is 2.16. The van der Waals surface area contributed by atoms with Gasteiger partial charge in [-0.25, -0.2) is 0 Å². The molecule has 0 fully saturated rings. The van der Waals surface area contributed by atoms with Crippen molar-refractivity contribution >= 4 is 23.0 Å². The second kappa shape index (κ2) is 7.85. The Bertz CT molecular complexity index is 1060. The molecule has 5 nitrogen and oxygen atoms in total. The number of hydrazone groups is 1. The van der Waals surface area contributed by atoms with E-state index in [-0.39, 0.29) is 0 Å². The summed E-state index contributed by atoms with van der Waals surface area (Å²) in [4.78, 5) is 4.50. The summed E-state index contributed by atoms with van der Waals surface area (Å²) >= 11 is 6.05. The lowest BCUT2D eigenvalue weighted by Gasteiger charge is -2.04. The highest BCUT2D eigenvalue weighted by Crippen LogP contribution is 2.22. The van der Waals surface area contributed by atoms with Crippen LogP contribution in [0.1, 0.15) is 11.4 Å². The van der Waals surface area contributed by atoms with Gasteiger partial charge >= 0.3 is 0 Å². The first-order valence-electron chi connectivity index (χ1n) is 8.34. The molecule has 4 aromatic rings. The third-order valence-electron chi connectivity index (χ3n) is 3.83. The molecule has 132 valence electrons. The summed E-state index contributed by atoms with van der Waals surface area (Å²) in [6.07, 6.45) is 0. The Morgan fingerprint density at radius 2 is 1.63 bits per heavy atom. The minimum Gasteiger partial charge on any atom is -0.334 e. The lowest BCUT2D eigenvalue weighted by atomic mass is 10.1. The normalized spacial score (nSPS) is 11.4. The summed E-state index contributed by atoms with van der Waals surface area (Å²) in [5, 5.41) is 9.23. The van der Waals surface area contributed by atoms with Gasteiger partial charge in [0.05, 0.1) is 5.69 Å². The quantitative estimate of drug-likeness (QED) is 0.382. The van der Waals surface area contributed by atoms with Gasteiger partial charge < -0.3 is 4.52 Å². The van der Waals surface area contributed by atoms with Gasteiger partial charge in [0.2, 0.25) is 5.82 Å². The fourth-order valence-corrected chi connectivity index (χ4v) is 2.72. The number of nitrogens with zero attached hydrogens (tertiary/aromatic N) is 3. The number of benzene rings is 3. The monoisotopic (exact) mass is 374 g/mol. The molecule has 0 unspecified atom stereocenters. The number of hydrogen-bond acceptors (Lipinski definition) is 5. The van der Waals surface area contributed by atoms with Gasteiger partial charge in [0.25, 0.3) is 5.89 Å². The van der Waals surface area contributed by atoms with E-state index in [0.717, 1.165) is 16.8 Å². The molecule has 0 amide bonds. The van der Waals surface area contributed by atoms with Gasteiger partial charge in [-0.05, 0) is 30.3 Å². The van der Waals surface area contributed by atoms with E-state index in [1.165, 1.54) is 0 Å². The van der Waals surface area contributed by atoms with Gasteiger partial charge in [0.15, 0.2) is 0 Å². The van der Waals surface area contributed by atoms with Crippen molar-refractivity contribution < 1.29 is 4.52 Å². The van der Waals surface area contributed by atoms with Gasteiger partial charge in [-0.1, -0.05) is 71.4 Å². The molecule has 1 N–H and O–H groups in total. The van der Waals surface area contributed by atoms with Crippen molar-refractivity contribution in [3.05, 3.63) is 101 Å². The van der Waals surface area contributed by atoms with Crippen LogP contribution in [0.15, 0.2) is 94.6 Å². The molecule has 4 rings (SSSR count). The average molecular weight is 375 g/mol. The highest BCUT2D eigenvalue weighted by atomic mass is 35.5. The number of hydrogen-bond donors (Lipinski definition) is 1. The van der Waals surface area contributed by atoms with E-state index in [9.17, 15) is 0 Å². The standard InChI is InChI=1S/C21H15ClN4O/c22-17-11-7-10-16(14-17)21-23-20(26-27-21)19(15-8-3-1-4-9-15)25-24-18-12-5-2-6-13-18/h1-14,24H/b25-19+. The summed E-state index contributed by atoms with van der Waals surface area (Å²) < 4.78 is 5.43. The number of aromatic nitrogens is 2. The van der Waals surface area contributed by atoms with E-state index in [1.807, 2.05) is 72.8 Å². The zero-order valence-corrected chi connectivity index (χ0v) is 15.0. The molecule has 0 radical (unpaired) electrons. The Morgan fingerprint density at radius 1 is 0.889 bits per heavy atom. The first kappa shape index (κ1) is 17.0. The van der Waals surface area contributed by atoms with Gasteiger partial charge in [0, 0.05) is 16.1 Å². The largest absolute Gasteiger partial charge is 0.334 e. The Morgan fingerprint density at radius 3 is 2.37 bits per heavy atom. The van der Waals surface area contributed by atoms with E-state index in [1.54, 1.807) is 12.1 Å². The molecule has 3 aromatic carbocycles. The molecule has 0 atom stereocenters. The van der Waals surface area contributed by atoms with Crippen molar-refractivity contribution in [3.8, 4) is 11.5 Å². The van der Waals surface area contributed by atoms with Gasteiger partial charge in [-0.3, -0.25) is 5.43 Å². The Kier molecular flexibility index (Phi) is 4.94. The molecular formula is C21H15ClN4O. The van der Waals surface area contributed by atoms with Gasteiger partial charge in [-0.15, -0.1) is 0 Å². The Balaban J connectivity index is 1.71. The average Bonchev–Trinajstić information content (AvgIpc) is 3.20. The molecule has 0 saturated carbocycles. The fraction of sp³-hybridized carbons (Fsp3) is 0. The molecule has 0 saturated heterocycles. The van der Waals surface area contributed by atoms with Crippen molar-refractivity contribution in [2.24, 2.45) is 5.10 Å². The maximum Gasteiger partial charge on any atom is 0.258 e. The highest BCUT2D eigenvalue weighted by molar-refractivity contribution is 6.30. The minimum atomic E-state index is 0.385. The molecule has 1 aromatic heterocycles. The third-order valence-corrected chi connectivity index (χ3v) is 4.06. The molecule has 0 aliphatic rings. The van der Waals surface area contributed by atoms with E-state index in [4.69, 9.17) is 16.1 Å². The van der Waals surface area contributed by atoms with Crippen LogP contribution in [0.4, 0.5) is 5.69 Å². The van der Waals surface area contributed by atoms with Crippen LogP contribution < -0.4 is 5.43 Å². The van der Waals surface area contributed by atoms with Crippen LogP contribution >= 0.6 is 11.6 Å². The molecular weight excluding hydrogens is 360 g/mol. The summed E-state index contributed by atoms with van der Waals surface area (Å²) in [5.41, 5.74) is 6.12. The van der Waals surface area contributed by atoms with Crippen LogP contribution in [0.5, 0.6) is 0 Å². The van der Waals surface area contributed by atoms with Crippen LogP contribution in [0.2, 0.25) is 5.02 Å². The second-order valence-electron chi connectivity index (χ2n) is 5.74. The zero-order valence-electron chi connectivity index (χ0n) is 14.2. The van der Waals surface area contributed by atoms with Crippen molar-refractivity contribution in [3.63, 3.8) is 0 Å². The Hall–Kier alpha value is -3.44. The van der Waals surface area contributed by atoms with Crippen molar-refractivity contribution in [2.45, 2.75) is 0 Å². The van der Waals surface area contributed by atoms with Gasteiger partial charge in [0.1, 0.15) is 5.71 Å². The summed E-state index contributed by atoms with van der Waals surface area (Å²) in [6, 6.07) is 26.7. The predicted molar refractivity (Wildman–Crippen MR) is 107 cm³/mol. The number of halogens is 1. The topological polar surface area (TPSA) is 63.3 Å². The number of anilines is 1. The van der Waals surface area contributed by atoms with E-state index >= 15 is 0 Å². The maximum atomic E-state index is 6.05. The summed E-state index contributed by atoms with van der Waals surface area (Å²) in [6.45, 7) is 0. The van der Waals surface area contributed by atoms with E-state index < -0.39 is 0 Å². The molecule has 27 heavy (non-hydrogen) atoms. The van der Waals surface area contributed by atoms with Crippen LogP contribution in [0.25, 0.3) is 11.5 Å². The van der Waals surface area contributed by atoms with Gasteiger partial charge in [-0.2, -0.15) is 10.1 Å². The van der Waals surface area contributed by atoms with Crippen LogP contribution in [-0.4, -0.2) is 15.9 Å². The van der Waals surface area contributed by atoms with Crippen molar-refractivity contribution in [1.29, 1.82) is 0 Å². The zero-order chi connectivity index (χ0) is 18.5. The number of rotatable bonds is 5. The SMILES string of the molecule is Clc1cccc(-c2nc(/C(=N/Nc3ccccc3)c3ccccc3)no2)c1. The lowest BCUT2D eigenvalue weighted by molar-refractivity contribution is 0.429. The fourth-order valence-electron chi connectivity index (χ4n) is 2.53. The van der Waals surface area contributed by atoms with Crippen LogP contribution in [0.3, 0.4) is 0 Å². The van der Waals surface area contributed by atoms with Crippen molar-refractivity contribution in [1.82, 2.24) is 10.1 Å². The molecule has 0 aliphatic carbocycles. The molecule has 1 heterocycles. The molecule has 6 heteroatoms. The van der Waals surface area contributed by atoms with Crippen molar-refractivity contribution in [2.75, 3.05) is 5.43 Å². The Labute approximate surface area is 161 Å². The number of nitrogens with one attached hydrogen (secondary N) is 1. The lowest BCUT2D eigenvalue weighted by Crippen LogP contribution is -2.08. The van der Waals surface area contributed by atoms with Crippen LogP contribution in [-0.2, 0) is 0 Å². The van der Waals surface area contributed by atoms with E-state index in [2.05, 4.69) is 20.7 Å². The first-order chi connectivity index (χ1) is 13.3. The predicted octanol–water partition coefficient (Wildman–Crippen LogP) is 5.25. The number of para-hydroxylation sites is 1. The minimum absolute atomic E-state index is 0.385. The molecule has 0 bridgehead atoms. The smallest absolute Gasteiger partial charge is 0.258 e. The summed E-state index contributed by atoms with van der Waals surface area (Å²) in [5.74, 6) is 0.774. The van der Waals surface area contributed by atoms with Crippen LogP contribution in [0, 0.1) is 0 Å². The third kappa shape index (κ3) is 4.04.